The third-order valence-electron chi connectivity index (χ3n) is 10.2. The van der Waals surface area contributed by atoms with Crippen LogP contribution in [0.1, 0.15) is 48.8 Å². The number of hydrogen-bond acceptors (Lipinski definition) is 10. The van der Waals surface area contributed by atoms with Crippen molar-refractivity contribution in [2.45, 2.75) is 62.8 Å². The summed E-state index contributed by atoms with van der Waals surface area (Å²) in [6.07, 6.45) is 5.11. The number of likely N-dealkylation sites (N-methyl/N-ethyl adjacent to an activating group) is 1. The number of aliphatic hydroxyl groups is 3. The quantitative estimate of drug-likeness (QED) is 0.274. The molecule has 7 atom stereocenters. The first kappa shape index (κ1) is 27.7. The van der Waals surface area contributed by atoms with Crippen molar-refractivity contribution in [2.24, 2.45) is 29.4 Å². The Kier molecular flexibility index (Phi) is 6.48. The van der Waals surface area contributed by atoms with Crippen LogP contribution in [0.15, 0.2) is 23.0 Å². The highest BCUT2D eigenvalue weighted by Crippen LogP contribution is 2.54. The van der Waals surface area contributed by atoms with Crippen molar-refractivity contribution in [3.05, 3.63) is 39.7 Å². The fraction of sp³-hybridized carbons (Fsp3) is 0.567. The summed E-state index contributed by atoms with van der Waals surface area (Å²) in [6.45, 7) is 0.465. The number of ether oxygens (including phenoxy) is 1. The minimum Gasteiger partial charge on any atom is -0.508 e. The number of nitrogens with one attached hydrogen (secondary N) is 1. The van der Waals surface area contributed by atoms with Crippen LogP contribution in [0, 0.1) is 23.7 Å². The third-order valence-corrected chi connectivity index (χ3v) is 10.2. The number of fused-ring (bicyclic) bond motifs is 5. The number of carbonyl (C=O) groups is 3. The van der Waals surface area contributed by atoms with Crippen LogP contribution >= 0.6 is 0 Å². The summed E-state index contributed by atoms with van der Waals surface area (Å²) < 4.78 is 5.81. The maximum absolute atomic E-state index is 14.0. The number of primary amides is 1. The molecule has 1 aromatic rings. The molecule has 2 unspecified atom stereocenters. The molecule has 1 amide bonds. The molecule has 6 rings (SSSR count). The molecule has 41 heavy (non-hydrogen) atoms. The van der Waals surface area contributed by atoms with Crippen LogP contribution < -0.4 is 15.8 Å². The summed E-state index contributed by atoms with van der Waals surface area (Å²) in [5.74, 6) is -4.79. The first-order valence-corrected chi connectivity index (χ1v) is 14.2. The molecule has 1 aromatic carbocycles. The number of ketones is 2. The van der Waals surface area contributed by atoms with Gasteiger partial charge in [-0.25, -0.2) is 0 Å². The molecule has 0 spiro atoms. The molecule has 0 aliphatic heterocycles. The number of carbonyl (C=O) groups excluding carboxylic acids is 3. The van der Waals surface area contributed by atoms with Gasteiger partial charge in [-0.2, -0.15) is 0 Å². The number of amides is 1. The molecule has 0 aromatic heterocycles. The number of phenols is 1. The second kappa shape index (κ2) is 9.57. The van der Waals surface area contributed by atoms with Crippen LogP contribution in [0.25, 0.3) is 5.76 Å². The Hall–Kier alpha value is -3.41. The van der Waals surface area contributed by atoms with Crippen molar-refractivity contribution in [1.82, 2.24) is 10.2 Å². The molecule has 2 bridgehead atoms. The molecular formula is C30H37N3O8. The smallest absolute Gasteiger partial charge is 0.255 e. The maximum atomic E-state index is 14.0. The van der Waals surface area contributed by atoms with Gasteiger partial charge >= 0.3 is 0 Å². The van der Waals surface area contributed by atoms with Crippen molar-refractivity contribution >= 4 is 23.2 Å². The zero-order valence-corrected chi connectivity index (χ0v) is 23.4. The minimum absolute atomic E-state index is 0.0295. The average molecular weight is 568 g/mol. The molecule has 0 heterocycles. The Morgan fingerprint density at radius 3 is 2.49 bits per heavy atom. The summed E-state index contributed by atoms with van der Waals surface area (Å²) in [5.41, 5.74) is 3.00. The summed E-state index contributed by atoms with van der Waals surface area (Å²) in [5, 5.41) is 48.8. The van der Waals surface area contributed by atoms with Gasteiger partial charge in [0.15, 0.2) is 11.4 Å². The van der Waals surface area contributed by atoms with Crippen LogP contribution in [0.3, 0.4) is 0 Å². The van der Waals surface area contributed by atoms with Gasteiger partial charge in [0.1, 0.15) is 28.6 Å². The topological polar surface area (TPSA) is 183 Å². The van der Waals surface area contributed by atoms with E-state index < -0.39 is 58.0 Å². The van der Waals surface area contributed by atoms with E-state index in [1.807, 2.05) is 0 Å². The lowest BCUT2D eigenvalue weighted by Gasteiger charge is -2.50. The first-order chi connectivity index (χ1) is 19.4. The fourth-order valence-corrected chi connectivity index (χ4v) is 8.48. The van der Waals surface area contributed by atoms with Gasteiger partial charge in [0.2, 0.25) is 5.78 Å². The predicted octanol–water partition coefficient (Wildman–Crippen LogP) is 1.25. The maximum Gasteiger partial charge on any atom is 0.255 e. The number of aromatic hydroxyl groups is 1. The molecule has 3 saturated carbocycles. The molecule has 5 aliphatic carbocycles. The van der Waals surface area contributed by atoms with Crippen molar-refractivity contribution in [1.29, 1.82) is 0 Å². The summed E-state index contributed by atoms with van der Waals surface area (Å²) in [4.78, 5) is 40.8. The van der Waals surface area contributed by atoms with E-state index in [0.717, 1.165) is 17.9 Å². The Balaban J connectivity index is 1.42. The normalized spacial score (nSPS) is 34.2. The summed E-state index contributed by atoms with van der Waals surface area (Å²) in [7, 11) is 4.67. The molecule has 3 fully saturated rings. The molecule has 7 N–H and O–H groups in total. The van der Waals surface area contributed by atoms with Gasteiger partial charge < -0.3 is 36.2 Å². The number of benzene rings is 1. The van der Waals surface area contributed by atoms with Crippen molar-refractivity contribution in [3.63, 3.8) is 0 Å². The van der Waals surface area contributed by atoms with Gasteiger partial charge in [0.05, 0.1) is 18.7 Å². The van der Waals surface area contributed by atoms with Crippen molar-refractivity contribution < 1.29 is 39.5 Å². The SMILES string of the molecule is COc1c(CN[C@H]2CC3CCC2C3)cc(O)c2c1C[C@H]1C[C@H]3[C@H](N(C)C)C(=O)C(C(N)=O)=C(O)[C@@]3(O)C(=O)C1=C2O. The number of nitrogens with zero attached hydrogens (tertiary/aromatic N) is 1. The Morgan fingerprint density at radius 1 is 1.17 bits per heavy atom. The highest BCUT2D eigenvalue weighted by Gasteiger charge is 2.64. The van der Waals surface area contributed by atoms with E-state index in [4.69, 9.17) is 10.5 Å². The number of methoxy groups -OCH3 is 1. The average Bonchev–Trinajstić information content (AvgIpc) is 3.53. The lowest BCUT2D eigenvalue weighted by Crippen LogP contribution is -2.65. The number of aliphatic hydroxyl groups excluding tert-OH is 2. The molecular weight excluding hydrogens is 530 g/mol. The molecule has 0 radical (unpaired) electrons. The molecule has 220 valence electrons. The standard InChI is InChI=1S/C30H37N3O8/c1-33(2)23-17-9-14-8-16-21(24(35)20(14)27(37)30(17,40)28(38)22(25(23)36)29(31)39)19(34)10-15(26(16)41-3)11-32-18-7-12-4-5-13(18)6-12/h10,12-14,17-18,23,32,34-35,38,40H,4-9,11H2,1-3H3,(H2,31,39)/t12?,13?,14-,17-,18-,23-,30-/m0/s1. The van der Waals surface area contributed by atoms with Gasteiger partial charge in [-0.05, 0) is 70.0 Å². The van der Waals surface area contributed by atoms with E-state index in [1.165, 1.54) is 37.3 Å². The van der Waals surface area contributed by atoms with Gasteiger partial charge in [-0.1, -0.05) is 6.42 Å². The van der Waals surface area contributed by atoms with Crippen LogP contribution in [0.4, 0.5) is 0 Å². The summed E-state index contributed by atoms with van der Waals surface area (Å²) in [6, 6.07) is 0.798. The van der Waals surface area contributed by atoms with E-state index in [2.05, 4.69) is 5.32 Å². The minimum atomic E-state index is -2.66. The van der Waals surface area contributed by atoms with Crippen LogP contribution in [0.2, 0.25) is 0 Å². The van der Waals surface area contributed by atoms with E-state index in [9.17, 15) is 34.8 Å². The summed E-state index contributed by atoms with van der Waals surface area (Å²) >= 11 is 0. The van der Waals surface area contributed by atoms with Crippen LogP contribution in [0.5, 0.6) is 11.5 Å². The number of phenolic OH excluding ortho intramolecular Hbond substituents is 1. The number of rotatable bonds is 6. The number of nitrogens with two attached hydrogens (primary N) is 1. The fourth-order valence-electron chi connectivity index (χ4n) is 8.48. The lowest BCUT2D eigenvalue weighted by atomic mass is 9.57. The first-order valence-electron chi connectivity index (χ1n) is 14.2. The Bertz CT molecular complexity index is 1430. The molecule has 5 aliphatic rings. The molecule has 0 saturated heterocycles. The third kappa shape index (κ3) is 3.85. The van der Waals surface area contributed by atoms with Gasteiger partial charge in [-0.15, -0.1) is 0 Å². The zero-order chi connectivity index (χ0) is 29.5. The zero-order valence-electron chi connectivity index (χ0n) is 23.4. The van der Waals surface area contributed by atoms with E-state index in [0.29, 0.717) is 29.8 Å². The number of hydrogen-bond donors (Lipinski definition) is 6. The second-order valence-corrected chi connectivity index (χ2v) is 12.6. The van der Waals surface area contributed by atoms with Crippen LogP contribution in [-0.2, 0) is 27.3 Å². The molecule has 11 nitrogen and oxygen atoms in total. The van der Waals surface area contributed by atoms with Crippen molar-refractivity contribution in [2.75, 3.05) is 21.2 Å². The Morgan fingerprint density at radius 2 is 1.90 bits per heavy atom. The highest BCUT2D eigenvalue weighted by molar-refractivity contribution is 6.24. The van der Waals surface area contributed by atoms with Crippen LogP contribution in [-0.4, -0.2) is 81.7 Å². The lowest BCUT2D eigenvalue weighted by molar-refractivity contribution is -0.153. The highest BCUT2D eigenvalue weighted by atomic mass is 16.5. The largest absolute Gasteiger partial charge is 0.508 e. The van der Waals surface area contributed by atoms with E-state index in [1.54, 1.807) is 14.1 Å². The van der Waals surface area contributed by atoms with Crippen molar-refractivity contribution in [3.8, 4) is 11.5 Å². The second-order valence-electron chi connectivity index (χ2n) is 12.6. The van der Waals surface area contributed by atoms with Gasteiger partial charge in [-0.3, -0.25) is 19.3 Å². The molecule has 11 heteroatoms. The monoisotopic (exact) mass is 567 g/mol. The van der Waals surface area contributed by atoms with Gasteiger partial charge in [0.25, 0.3) is 5.91 Å². The van der Waals surface area contributed by atoms with Gasteiger partial charge in [0, 0.05) is 35.2 Å². The van der Waals surface area contributed by atoms with E-state index >= 15 is 0 Å². The Labute approximate surface area is 237 Å². The number of Topliss-reactive ketones (excluding diaryl/α,β-unsaturated/α-hetero) is 2. The van der Waals surface area contributed by atoms with E-state index in [-0.39, 0.29) is 29.7 Å². The predicted molar refractivity (Wildman–Crippen MR) is 147 cm³/mol.